The second-order valence-corrected chi connectivity index (χ2v) is 6.01. The molecule has 7 nitrogen and oxygen atoms in total. The Morgan fingerprint density at radius 1 is 1.19 bits per heavy atom. The second kappa shape index (κ2) is 6.78. The number of carboxylic acids is 1. The fourth-order valence-corrected chi connectivity index (χ4v) is 2.60. The van der Waals surface area contributed by atoms with Gasteiger partial charge in [0.15, 0.2) is 0 Å². The van der Waals surface area contributed by atoms with E-state index in [1.54, 1.807) is 11.9 Å². The highest BCUT2D eigenvalue weighted by Gasteiger charge is 2.28. The van der Waals surface area contributed by atoms with E-state index < -0.39 is 5.97 Å². The maximum Gasteiger partial charge on any atom is 0.320 e. The summed E-state index contributed by atoms with van der Waals surface area (Å²) in [6, 6.07) is 0.141. The van der Waals surface area contributed by atoms with Crippen molar-refractivity contribution >= 4 is 17.9 Å². The highest BCUT2D eigenvalue weighted by Crippen LogP contribution is 2.21. The van der Waals surface area contributed by atoms with Crippen LogP contribution in [0.3, 0.4) is 0 Å². The molecule has 2 aliphatic rings. The minimum Gasteiger partial charge on any atom is -0.481 e. The maximum absolute atomic E-state index is 12.2. The number of nitrogens with one attached hydrogen (secondary N) is 1. The van der Waals surface area contributed by atoms with Gasteiger partial charge in [0.25, 0.3) is 0 Å². The summed E-state index contributed by atoms with van der Waals surface area (Å²) >= 11 is 0. The number of likely N-dealkylation sites (tertiary alicyclic amines) is 1. The van der Waals surface area contributed by atoms with Crippen LogP contribution in [0.2, 0.25) is 0 Å². The summed E-state index contributed by atoms with van der Waals surface area (Å²) in [4.78, 5) is 37.7. The summed E-state index contributed by atoms with van der Waals surface area (Å²) in [6.07, 6.45) is 3.64. The van der Waals surface area contributed by atoms with Crippen molar-refractivity contribution in [1.29, 1.82) is 0 Å². The molecule has 0 aromatic heterocycles. The Balaban J connectivity index is 1.72. The standard InChI is InChI=1S/C14H23N3O4/c1-16(9-12(18)15-11-2-3-11)14(21)17-6-4-10(5-7-17)8-13(19)20/h10-11H,2-9H2,1H3,(H,15,18)(H,19,20). The zero-order chi connectivity index (χ0) is 15.4. The van der Waals surface area contributed by atoms with Crippen LogP contribution >= 0.6 is 0 Å². The van der Waals surface area contributed by atoms with Crippen molar-refractivity contribution in [2.75, 3.05) is 26.7 Å². The number of carbonyl (C=O) groups excluding carboxylic acids is 2. The monoisotopic (exact) mass is 297 g/mol. The lowest BCUT2D eigenvalue weighted by Gasteiger charge is -2.34. The second-order valence-electron chi connectivity index (χ2n) is 6.01. The van der Waals surface area contributed by atoms with Crippen LogP contribution in [0.4, 0.5) is 4.79 Å². The van der Waals surface area contributed by atoms with Crippen molar-refractivity contribution in [2.45, 2.75) is 38.1 Å². The van der Waals surface area contributed by atoms with Gasteiger partial charge in [-0.2, -0.15) is 0 Å². The minimum absolute atomic E-state index is 0.0738. The van der Waals surface area contributed by atoms with Gasteiger partial charge in [-0.3, -0.25) is 9.59 Å². The first-order valence-corrected chi connectivity index (χ1v) is 7.47. The molecular formula is C14H23N3O4. The first-order chi connectivity index (χ1) is 9.95. The molecule has 0 aromatic carbocycles. The average Bonchev–Trinajstić information content (AvgIpc) is 3.21. The number of aliphatic carboxylic acids is 1. The van der Waals surface area contributed by atoms with Crippen molar-refractivity contribution in [1.82, 2.24) is 15.1 Å². The highest BCUT2D eigenvalue weighted by atomic mass is 16.4. The number of urea groups is 1. The molecule has 2 fully saturated rings. The number of carboxylic acid groups (broad SMARTS) is 1. The molecule has 1 saturated heterocycles. The smallest absolute Gasteiger partial charge is 0.320 e. The van der Waals surface area contributed by atoms with E-state index >= 15 is 0 Å². The quantitative estimate of drug-likeness (QED) is 0.773. The highest BCUT2D eigenvalue weighted by molar-refractivity contribution is 5.84. The molecule has 1 aliphatic carbocycles. The Bertz CT molecular complexity index is 414. The Hall–Kier alpha value is -1.79. The molecule has 1 saturated carbocycles. The third-order valence-corrected chi connectivity index (χ3v) is 4.00. The van der Waals surface area contributed by atoms with E-state index in [0.29, 0.717) is 32.0 Å². The Morgan fingerprint density at radius 2 is 1.81 bits per heavy atom. The lowest BCUT2D eigenvalue weighted by molar-refractivity contribution is -0.138. The van der Waals surface area contributed by atoms with E-state index in [4.69, 9.17) is 5.11 Å². The van der Waals surface area contributed by atoms with Crippen molar-refractivity contribution in [3.05, 3.63) is 0 Å². The third-order valence-electron chi connectivity index (χ3n) is 4.00. The number of carbonyl (C=O) groups is 3. The van der Waals surface area contributed by atoms with Crippen LogP contribution in [0.1, 0.15) is 32.1 Å². The van der Waals surface area contributed by atoms with E-state index in [1.165, 1.54) is 4.90 Å². The maximum atomic E-state index is 12.2. The molecule has 118 valence electrons. The van der Waals surface area contributed by atoms with Gasteiger partial charge in [-0.25, -0.2) is 4.79 Å². The van der Waals surface area contributed by atoms with Crippen LogP contribution in [0.25, 0.3) is 0 Å². The van der Waals surface area contributed by atoms with E-state index in [9.17, 15) is 14.4 Å². The number of nitrogens with zero attached hydrogens (tertiary/aromatic N) is 2. The molecule has 7 heteroatoms. The average molecular weight is 297 g/mol. The number of amides is 3. The third kappa shape index (κ3) is 4.91. The molecular weight excluding hydrogens is 274 g/mol. The van der Waals surface area contributed by atoms with Gasteiger partial charge in [0.2, 0.25) is 5.91 Å². The molecule has 3 amide bonds. The molecule has 0 radical (unpaired) electrons. The van der Waals surface area contributed by atoms with Crippen molar-refractivity contribution < 1.29 is 19.5 Å². The molecule has 0 unspecified atom stereocenters. The summed E-state index contributed by atoms with van der Waals surface area (Å²) in [6.45, 7) is 1.20. The van der Waals surface area contributed by atoms with Crippen LogP contribution in [0.15, 0.2) is 0 Å². The van der Waals surface area contributed by atoms with E-state index in [-0.39, 0.29) is 30.8 Å². The first-order valence-electron chi connectivity index (χ1n) is 7.47. The number of rotatable bonds is 5. The van der Waals surface area contributed by atoms with Crippen LogP contribution in [0, 0.1) is 5.92 Å². The van der Waals surface area contributed by atoms with Crippen molar-refractivity contribution in [3.63, 3.8) is 0 Å². The summed E-state index contributed by atoms with van der Waals surface area (Å²) in [7, 11) is 1.62. The van der Waals surface area contributed by atoms with Crippen LogP contribution in [-0.4, -0.2) is 65.5 Å². The fourth-order valence-electron chi connectivity index (χ4n) is 2.60. The molecule has 1 heterocycles. The number of likely N-dealkylation sites (N-methyl/N-ethyl adjacent to an activating group) is 1. The lowest BCUT2D eigenvalue weighted by atomic mass is 9.94. The van der Waals surface area contributed by atoms with E-state index in [0.717, 1.165) is 12.8 Å². The van der Waals surface area contributed by atoms with Gasteiger partial charge in [0.05, 0.1) is 0 Å². The molecule has 1 aliphatic heterocycles. The topological polar surface area (TPSA) is 90.0 Å². The normalized spacial score (nSPS) is 19.2. The molecule has 2 N–H and O–H groups in total. The molecule has 0 aromatic rings. The minimum atomic E-state index is -0.784. The zero-order valence-electron chi connectivity index (χ0n) is 12.4. The molecule has 0 spiro atoms. The van der Waals surface area contributed by atoms with Gasteiger partial charge in [-0.15, -0.1) is 0 Å². The van der Waals surface area contributed by atoms with Gasteiger partial charge in [-0.1, -0.05) is 0 Å². The predicted molar refractivity (Wildman–Crippen MR) is 75.7 cm³/mol. The van der Waals surface area contributed by atoms with Gasteiger partial charge in [0, 0.05) is 32.6 Å². The zero-order valence-corrected chi connectivity index (χ0v) is 12.4. The van der Waals surface area contributed by atoms with Crippen molar-refractivity contribution in [3.8, 4) is 0 Å². The van der Waals surface area contributed by atoms with Gasteiger partial charge < -0.3 is 20.2 Å². The SMILES string of the molecule is CN(CC(=O)NC1CC1)C(=O)N1CCC(CC(=O)O)CC1. The van der Waals surface area contributed by atoms with Crippen LogP contribution < -0.4 is 5.32 Å². The Kier molecular flexibility index (Phi) is 5.03. The number of hydrogen-bond donors (Lipinski definition) is 2. The van der Waals surface area contributed by atoms with Crippen LogP contribution in [-0.2, 0) is 9.59 Å². The van der Waals surface area contributed by atoms with Crippen LogP contribution in [0.5, 0.6) is 0 Å². The predicted octanol–water partition coefficient (Wildman–Crippen LogP) is 0.504. The number of hydrogen-bond acceptors (Lipinski definition) is 3. The molecule has 0 atom stereocenters. The van der Waals surface area contributed by atoms with Gasteiger partial charge in [-0.05, 0) is 31.6 Å². The summed E-state index contributed by atoms with van der Waals surface area (Å²) in [5, 5.41) is 11.6. The van der Waals surface area contributed by atoms with Gasteiger partial charge in [0.1, 0.15) is 6.54 Å². The van der Waals surface area contributed by atoms with Crippen molar-refractivity contribution in [2.24, 2.45) is 5.92 Å². The van der Waals surface area contributed by atoms with Gasteiger partial charge >= 0.3 is 12.0 Å². The van der Waals surface area contributed by atoms with E-state index in [1.807, 2.05) is 0 Å². The van der Waals surface area contributed by atoms with E-state index in [2.05, 4.69) is 5.32 Å². The first kappa shape index (κ1) is 15.6. The largest absolute Gasteiger partial charge is 0.481 e. The number of piperidine rings is 1. The fraction of sp³-hybridized carbons (Fsp3) is 0.786. The Morgan fingerprint density at radius 3 is 2.33 bits per heavy atom. The molecule has 2 rings (SSSR count). The lowest BCUT2D eigenvalue weighted by Crippen LogP contribution is -2.48. The summed E-state index contributed by atoms with van der Waals surface area (Å²) in [5.74, 6) is -0.752. The molecule has 21 heavy (non-hydrogen) atoms. The summed E-state index contributed by atoms with van der Waals surface area (Å²) < 4.78 is 0. The molecule has 0 bridgehead atoms. The summed E-state index contributed by atoms with van der Waals surface area (Å²) in [5.41, 5.74) is 0. The Labute approximate surface area is 124 Å².